The van der Waals surface area contributed by atoms with Crippen LogP contribution in [-0.2, 0) is 11.3 Å². The molecule has 0 aliphatic carbocycles. The van der Waals surface area contributed by atoms with Crippen molar-refractivity contribution < 1.29 is 9.21 Å². The molecule has 0 aliphatic rings. The lowest BCUT2D eigenvalue weighted by Gasteiger charge is -2.09. The number of primary amides is 1. The standard InChI is InChI=1S/C16H18N4O2/c1-11(14-10-12-4-2-3-5-13(12)22-14)18-16-7-9-20(19-16)8-6-15(17)21/h2-5,7,9-11H,6,8H2,1H3,(H2,17,21)(H,18,19)/t11-/m0/s1. The molecule has 2 aromatic heterocycles. The summed E-state index contributed by atoms with van der Waals surface area (Å²) in [4.78, 5) is 10.8. The Kier molecular flexibility index (Phi) is 3.82. The number of carbonyl (C=O) groups is 1. The van der Waals surface area contributed by atoms with Gasteiger partial charge in [0.2, 0.25) is 5.91 Å². The number of rotatable bonds is 6. The molecular weight excluding hydrogens is 280 g/mol. The Balaban J connectivity index is 1.68. The molecule has 0 saturated heterocycles. The van der Waals surface area contributed by atoms with Gasteiger partial charge in [0.25, 0.3) is 0 Å². The van der Waals surface area contributed by atoms with Gasteiger partial charge in [-0.25, -0.2) is 0 Å². The molecule has 3 N–H and O–H groups in total. The molecule has 1 amide bonds. The number of nitrogens with zero attached hydrogens (tertiary/aromatic N) is 2. The highest BCUT2D eigenvalue weighted by Gasteiger charge is 2.12. The number of fused-ring (bicyclic) bond motifs is 1. The van der Waals surface area contributed by atoms with Crippen LogP contribution in [-0.4, -0.2) is 15.7 Å². The van der Waals surface area contributed by atoms with Gasteiger partial charge in [0.1, 0.15) is 17.2 Å². The summed E-state index contributed by atoms with van der Waals surface area (Å²) in [6.07, 6.45) is 2.09. The minimum Gasteiger partial charge on any atom is -0.459 e. The molecule has 3 rings (SSSR count). The Labute approximate surface area is 127 Å². The van der Waals surface area contributed by atoms with Crippen LogP contribution in [0.1, 0.15) is 25.1 Å². The van der Waals surface area contributed by atoms with E-state index in [1.165, 1.54) is 0 Å². The first-order chi connectivity index (χ1) is 10.6. The maximum atomic E-state index is 10.8. The van der Waals surface area contributed by atoms with Gasteiger partial charge in [-0.15, -0.1) is 0 Å². The first-order valence-electron chi connectivity index (χ1n) is 7.18. The van der Waals surface area contributed by atoms with E-state index in [0.29, 0.717) is 6.54 Å². The van der Waals surface area contributed by atoms with Gasteiger partial charge in [-0.2, -0.15) is 5.10 Å². The van der Waals surface area contributed by atoms with Crippen molar-refractivity contribution >= 4 is 22.7 Å². The van der Waals surface area contributed by atoms with Crippen LogP contribution in [0.25, 0.3) is 11.0 Å². The van der Waals surface area contributed by atoms with Crippen LogP contribution in [0, 0.1) is 0 Å². The Morgan fingerprint density at radius 3 is 3.00 bits per heavy atom. The number of nitrogens with two attached hydrogens (primary N) is 1. The number of hydrogen-bond donors (Lipinski definition) is 2. The fraction of sp³-hybridized carbons (Fsp3) is 0.250. The van der Waals surface area contributed by atoms with Crippen LogP contribution in [0.5, 0.6) is 0 Å². The number of carbonyl (C=O) groups excluding carboxylic acids is 1. The van der Waals surface area contributed by atoms with Gasteiger partial charge >= 0.3 is 0 Å². The molecule has 1 atom stereocenters. The Morgan fingerprint density at radius 2 is 2.23 bits per heavy atom. The topological polar surface area (TPSA) is 86.1 Å². The first-order valence-corrected chi connectivity index (χ1v) is 7.18. The summed E-state index contributed by atoms with van der Waals surface area (Å²) in [5.41, 5.74) is 6.01. The van der Waals surface area contributed by atoms with Crippen LogP contribution in [0.3, 0.4) is 0 Å². The average Bonchev–Trinajstić information content (AvgIpc) is 3.11. The summed E-state index contributed by atoms with van der Waals surface area (Å²) in [6.45, 7) is 2.50. The summed E-state index contributed by atoms with van der Waals surface area (Å²) < 4.78 is 7.52. The lowest BCUT2D eigenvalue weighted by atomic mass is 10.2. The second kappa shape index (κ2) is 5.93. The molecule has 6 heteroatoms. The van der Waals surface area contributed by atoms with Crippen LogP contribution < -0.4 is 11.1 Å². The fourth-order valence-electron chi connectivity index (χ4n) is 2.30. The molecule has 2 heterocycles. The van der Waals surface area contributed by atoms with Gasteiger partial charge in [0, 0.05) is 30.6 Å². The largest absolute Gasteiger partial charge is 0.459 e. The average molecular weight is 298 g/mol. The molecule has 1 aromatic carbocycles. The number of aromatic nitrogens is 2. The lowest BCUT2D eigenvalue weighted by Crippen LogP contribution is -2.14. The van der Waals surface area contributed by atoms with Crippen molar-refractivity contribution in [2.24, 2.45) is 5.73 Å². The fourth-order valence-corrected chi connectivity index (χ4v) is 2.30. The van der Waals surface area contributed by atoms with E-state index >= 15 is 0 Å². The zero-order chi connectivity index (χ0) is 15.5. The van der Waals surface area contributed by atoms with E-state index in [2.05, 4.69) is 10.4 Å². The lowest BCUT2D eigenvalue weighted by molar-refractivity contribution is -0.118. The molecular formula is C16H18N4O2. The number of nitrogens with one attached hydrogen (secondary N) is 1. The van der Waals surface area contributed by atoms with Crippen LogP contribution >= 0.6 is 0 Å². The van der Waals surface area contributed by atoms with E-state index in [0.717, 1.165) is 22.5 Å². The van der Waals surface area contributed by atoms with Gasteiger partial charge in [-0.05, 0) is 19.1 Å². The molecule has 0 radical (unpaired) electrons. The minimum absolute atomic E-state index is 0.00751. The number of aryl methyl sites for hydroxylation is 1. The number of amides is 1. The van der Waals surface area contributed by atoms with E-state index in [1.54, 1.807) is 4.68 Å². The van der Waals surface area contributed by atoms with E-state index in [9.17, 15) is 4.79 Å². The Morgan fingerprint density at radius 1 is 1.41 bits per heavy atom. The number of para-hydroxylation sites is 1. The highest BCUT2D eigenvalue weighted by atomic mass is 16.3. The molecule has 114 valence electrons. The third-order valence-electron chi connectivity index (χ3n) is 3.46. The molecule has 0 spiro atoms. The zero-order valence-corrected chi connectivity index (χ0v) is 12.3. The predicted octanol–water partition coefficient (Wildman–Crippen LogP) is 2.68. The van der Waals surface area contributed by atoms with E-state index in [1.807, 2.05) is 49.5 Å². The number of anilines is 1. The van der Waals surface area contributed by atoms with Crippen molar-refractivity contribution in [1.29, 1.82) is 0 Å². The van der Waals surface area contributed by atoms with Crippen molar-refractivity contribution in [3.63, 3.8) is 0 Å². The van der Waals surface area contributed by atoms with Crippen LogP contribution in [0.4, 0.5) is 5.82 Å². The van der Waals surface area contributed by atoms with Gasteiger partial charge in [0.05, 0.1) is 6.04 Å². The van der Waals surface area contributed by atoms with Crippen molar-refractivity contribution in [3.05, 3.63) is 48.4 Å². The summed E-state index contributed by atoms with van der Waals surface area (Å²) in [5, 5.41) is 8.72. The van der Waals surface area contributed by atoms with Gasteiger partial charge < -0.3 is 15.5 Å². The van der Waals surface area contributed by atoms with Gasteiger partial charge in [-0.3, -0.25) is 9.48 Å². The Hall–Kier alpha value is -2.76. The number of hydrogen-bond acceptors (Lipinski definition) is 4. The number of furan rings is 1. The van der Waals surface area contributed by atoms with Crippen molar-refractivity contribution in [1.82, 2.24) is 9.78 Å². The number of benzene rings is 1. The quantitative estimate of drug-likeness (QED) is 0.732. The maximum absolute atomic E-state index is 10.8. The smallest absolute Gasteiger partial charge is 0.219 e. The summed E-state index contributed by atoms with van der Waals surface area (Å²) in [6, 6.07) is 11.8. The van der Waals surface area contributed by atoms with Crippen LogP contribution in [0.15, 0.2) is 47.0 Å². The van der Waals surface area contributed by atoms with Crippen molar-refractivity contribution in [3.8, 4) is 0 Å². The molecule has 0 unspecified atom stereocenters. The molecule has 22 heavy (non-hydrogen) atoms. The second-order valence-electron chi connectivity index (χ2n) is 5.23. The monoisotopic (exact) mass is 298 g/mol. The molecule has 0 bridgehead atoms. The SMILES string of the molecule is C[C@H](Nc1ccn(CCC(N)=O)n1)c1cc2ccccc2o1. The second-order valence-corrected chi connectivity index (χ2v) is 5.23. The highest BCUT2D eigenvalue weighted by molar-refractivity contribution is 5.77. The third-order valence-corrected chi connectivity index (χ3v) is 3.46. The van der Waals surface area contributed by atoms with Gasteiger partial charge in [0.15, 0.2) is 0 Å². The molecule has 6 nitrogen and oxygen atoms in total. The minimum atomic E-state index is -0.333. The third kappa shape index (κ3) is 3.11. The summed E-state index contributed by atoms with van der Waals surface area (Å²) in [5.74, 6) is 1.26. The summed E-state index contributed by atoms with van der Waals surface area (Å²) >= 11 is 0. The zero-order valence-electron chi connectivity index (χ0n) is 12.3. The van der Waals surface area contributed by atoms with Gasteiger partial charge in [-0.1, -0.05) is 18.2 Å². The molecule has 3 aromatic rings. The highest BCUT2D eigenvalue weighted by Crippen LogP contribution is 2.25. The normalized spacial score (nSPS) is 12.4. The van der Waals surface area contributed by atoms with E-state index in [-0.39, 0.29) is 18.4 Å². The predicted molar refractivity (Wildman–Crippen MR) is 84.3 cm³/mol. The maximum Gasteiger partial charge on any atom is 0.219 e. The van der Waals surface area contributed by atoms with Crippen molar-refractivity contribution in [2.45, 2.75) is 25.9 Å². The first kappa shape index (κ1) is 14.2. The molecule has 0 fully saturated rings. The van der Waals surface area contributed by atoms with Crippen LogP contribution in [0.2, 0.25) is 0 Å². The van der Waals surface area contributed by atoms with E-state index in [4.69, 9.17) is 10.2 Å². The molecule has 0 aliphatic heterocycles. The van der Waals surface area contributed by atoms with E-state index < -0.39 is 0 Å². The molecule has 0 saturated carbocycles. The Bertz CT molecular complexity index is 757. The summed E-state index contributed by atoms with van der Waals surface area (Å²) in [7, 11) is 0. The van der Waals surface area contributed by atoms with Crippen molar-refractivity contribution in [2.75, 3.05) is 5.32 Å².